The largest absolute Gasteiger partial charge is 0.383 e. The maximum Gasteiger partial charge on any atom is 0.130 e. The third kappa shape index (κ3) is 0.951. The van der Waals surface area contributed by atoms with Crippen molar-refractivity contribution in [3.8, 4) is 0 Å². The van der Waals surface area contributed by atoms with Crippen molar-refractivity contribution in [2.75, 3.05) is 5.73 Å². The average molecular weight is 176 g/mol. The van der Waals surface area contributed by atoms with Gasteiger partial charge < -0.3 is 11.1 Å². The van der Waals surface area contributed by atoms with Crippen molar-refractivity contribution < 1.29 is 0 Å². The Morgan fingerprint density at radius 2 is 2.31 bits per heavy atom. The van der Waals surface area contributed by atoms with Crippen molar-refractivity contribution in [1.29, 1.82) is 0 Å². The molecule has 1 aromatic heterocycles. The van der Waals surface area contributed by atoms with Gasteiger partial charge in [-0.1, -0.05) is 0 Å². The van der Waals surface area contributed by atoms with Crippen LogP contribution in [0.5, 0.6) is 0 Å². The van der Waals surface area contributed by atoms with E-state index in [1.807, 2.05) is 0 Å². The van der Waals surface area contributed by atoms with Gasteiger partial charge in [0.2, 0.25) is 0 Å². The van der Waals surface area contributed by atoms with Crippen molar-refractivity contribution in [2.24, 2.45) is 0 Å². The molecule has 2 bridgehead atoms. The Labute approximate surface area is 76.6 Å². The Kier molecular flexibility index (Phi) is 1.35. The molecule has 2 aliphatic rings. The lowest BCUT2D eigenvalue weighted by Crippen LogP contribution is -2.33. The zero-order valence-corrected chi connectivity index (χ0v) is 7.33. The fourth-order valence-electron chi connectivity index (χ4n) is 2.39. The molecule has 0 aromatic carbocycles. The van der Waals surface area contributed by atoms with Crippen LogP contribution in [0.1, 0.15) is 30.1 Å². The minimum Gasteiger partial charge on any atom is -0.383 e. The molecule has 13 heavy (non-hydrogen) atoms. The van der Waals surface area contributed by atoms with Gasteiger partial charge in [-0.25, -0.2) is 9.97 Å². The molecule has 4 heteroatoms. The van der Waals surface area contributed by atoms with Crippen LogP contribution < -0.4 is 11.1 Å². The van der Waals surface area contributed by atoms with E-state index in [1.165, 1.54) is 18.4 Å². The first-order chi connectivity index (χ1) is 6.34. The van der Waals surface area contributed by atoms with Crippen molar-refractivity contribution in [1.82, 2.24) is 15.3 Å². The number of nitrogens with zero attached hydrogens (tertiary/aromatic N) is 2. The van der Waals surface area contributed by atoms with E-state index in [2.05, 4.69) is 15.3 Å². The lowest BCUT2D eigenvalue weighted by atomic mass is 10.0. The topological polar surface area (TPSA) is 63.8 Å². The zero-order chi connectivity index (χ0) is 8.84. The zero-order valence-electron chi connectivity index (χ0n) is 7.33. The SMILES string of the molecule is Nc1ncnc2c1CC1CCC2N1. The van der Waals surface area contributed by atoms with E-state index >= 15 is 0 Å². The number of aromatic nitrogens is 2. The Morgan fingerprint density at radius 3 is 3.23 bits per heavy atom. The number of anilines is 1. The van der Waals surface area contributed by atoms with Crippen LogP contribution in [0.2, 0.25) is 0 Å². The van der Waals surface area contributed by atoms with Gasteiger partial charge in [0.1, 0.15) is 12.1 Å². The quantitative estimate of drug-likeness (QED) is 0.601. The summed E-state index contributed by atoms with van der Waals surface area (Å²) in [7, 11) is 0. The van der Waals surface area contributed by atoms with E-state index in [0.29, 0.717) is 17.9 Å². The maximum absolute atomic E-state index is 5.81. The Hall–Kier alpha value is -1.16. The van der Waals surface area contributed by atoms with E-state index in [1.54, 1.807) is 6.33 Å². The van der Waals surface area contributed by atoms with Crippen LogP contribution >= 0.6 is 0 Å². The average Bonchev–Trinajstić information content (AvgIpc) is 2.51. The monoisotopic (exact) mass is 176 g/mol. The van der Waals surface area contributed by atoms with Crippen LogP contribution in [0.25, 0.3) is 0 Å². The first kappa shape index (κ1) is 7.26. The van der Waals surface area contributed by atoms with E-state index in [-0.39, 0.29) is 0 Å². The predicted octanol–water partition coefficient (Wildman–Crippen LogP) is 0.408. The van der Waals surface area contributed by atoms with Crippen molar-refractivity contribution in [3.05, 3.63) is 17.6 Å². The molecule has 2 aliphatic heterocycles. The molecule has 1 fully saturated rings. The molecule has 3 rings (SSSR count). The second-order valence-corrected chi connectivity index (χ2v) is 3.82. The van der Waals surface area contributed by atoms with Crippen LogP contribution in [-0.2, 0) is 6.42 Å². The summed E-state index contributed by atoms with van der Waals surface area (Å²) < 4.78 is 0. The second kappa shape index (κ2) is 2.42. The fourth-order valence-corrected chi connectivity index (χ4v) is 2.39. The van der Waals surface area contributed by atoms with Gasteiger partial charge in [0.25, 0.3) is 0 Å². The second-order valence-electron chi connectivity index (χ2n) is 3.82. The Bertz CT molecular complexity index is 349. The van der Waals surface area contributed by atoms with Crippen molar-refractivity contribution in [3.63, 3.8) is 0 Å². The first-order valence-electron chi connectivity index (χ1n) is 4.70. The fraction of sp³-hybridized carbons (Fsp3) is 0.556. The molecule has 3 N–H and O–H groups in total. The van der Waals surface area contributed by atoms with Crippen LogP contribution in [-0.4, -0.2) is 16.0 Å². The van der Waals surface area contributed by atoms with Crippen LogP contribution in [0.3, 0.4) is 0 Å². The minimum absolute atomic E-state index is 0.430. The minimum atomic E-state index is 0.430. The molecule has 3 heterocycles. The highest BCUT2D eigenvalue weighted by Gasteiger charge is 2.34. The highest BCUT2D eigenvalue weighted by atomic mass is 15.0. The molecule has 0 saturated carbocycles. The van der Waals surface area contributed by atoms with Gasteiger partial charge in [-0.3, -0.25) is 0 Å². The van der Waals surface area contributed by atoms with Gasteiger partial charge in [0.15, 0.2) is 0 Å². The third-order valence-corrected chi connectivity index (χ3v) is 3.03. The van der Waals surface area contributed by atoms with E-state index in [4.69, 9.17) is 5.73 Å². The molecule has 0 amide bonds. The summed E-state index contributed by atoms with van der Waals surface area (Å²) in [6.07, 6.45) is 4.99. The summed E-state index contributed by atoms with van der Waals surface area (Å²) >= 11 is 0. The number of rotatable bonds is 0. The summed E-state index contributed by atoms with van der Waals surface area (Å²) in [5.74, 6) is 0.670. The van der Waals surface area contributed by atoms with Crippen LogP contribution in [0.4, 0.5) is 5.82 Å². The summed E-state index contributed by atoms with van der Waals surface area (Å²) in [6.45, 7) is 0. The number of hydrogen-bond acceptors (Lipinski definition) is 4. The van der Waals surface area contributed by atoms with Gasteiger partial charge in [-0.15, -0.1) is 0 Å². The smallest absolute Gasteiger partial charge is 0.130 e. The normalized spacial score (nSPS) is 30.2. The molecule has 1 aromatic rings. The molecule has 0 radical (unpaired) electrons. The molecule has 2 unspecified atom stereocenters. The first-order valence-corrected chi connectivity index (χ1v) is 4.70. The van der Waals surface area contributed by atoms with Gasteiger partial charge in [0, 0.05) is 11.6 Å². The van der Waals surface area contributed by atoms with Crippen molar-refractivity contribution in [2.45, 2.75) is 31.3 Å². The van der Waals surface area contributed by atoms with Gasteiger partial charge in [-0.05, 0) is 19.3 Å². The molecular weight excluding hydrogens is 164 g/mol. The maximum atomic E-state index is 5.81. The predicted molar refractivity (Wildman–Crippen MR) is 49.0 cm³/mol. The highest BCUT2D eigenvalue weighted by Crippen LogP contribution is 2.35. The molecule has 1 saturated heterocycles. The number of fused-ring (bicyclic) bond motifs is 4. The van der Waals surface area contributed by atoms with Crippen LogP contribution in [0.15, 0.2) is 6.33 Å². The van der Waals surface area contributed by atoms with Crippen molar-refractivity contribution >= 4 is 5.82 Å². The lowest BCUT2D eigenvalue weighted by Gasteiger charge is -2.23. The third-order valence-electron chi connectivity index (χ3n) is 3.03. The van der Waals surface area contributed by atoms with E-state index in [9.17, 15) is 0 Å². The van der Waals surface area contributed by atoms with Crippen LogP contribution in [0, 0.1) is 0 Å². The molecule has 4 nitrogen and oxygen atoms in total. The number of nitrogen functional groups attached to an aromatic ring is 1. The summed E-state index contributed by atoms with van der Waals surface area (Å²) in [4.78, 5) is 8.33. The summed E-state index contributed by atoms with van der Waals surface area (Å²) in [5, 5.41) is 3.53. The lowest BCUT2D eigenvalue weighted by molar-refractivity contribution is 0.503. The molecule has 0 aliphatic carbocycles. The number of nitrogens with one attached hydrogen (secondary N) is 1. The number of hydrogen-bond donors (Lipinski definition) is 2. The van der Waals surface area contributed by atoms with Gasteiger partial charge in [-0.2, -0.15) is 0 Å². The molecule has 68 valence electrons. The van der Waals surface area contributed by atoms with Gasteiger partial charge in [0.05, 0.1) is 11.7 Å². The molecule has 0 spiro atoms. The summed E-state index contributed by atoms with van der Waals surface area (Å²) in [6, 6.07) is 1.03. The van der Waals surface area contributed by atoms with Gasteiger partial charge >= 0.3 is 0 Å². The standard InChI is InChI=1S/C9H12N4/c10-9-6-3-5-1-2-7(13-5)8(6)11-4-12-9/h4-5,7,13H,1-3H2,(H2,10,11,12). The van der Waals surface area contributed by atoms with E-state index in [0.717, 1.165) is 12.1 Å². The molecule has 2 atom stereocenters. The van der Waals surface area contributed by atoms with E-state index < -0.39 is 0 Å². The number of nitrogens with two attached hydrogens (primary N) is 1. The summed E-state index contributed by atoms with van der Waals surface area (Å²) in [5.41, 5.74) is 8.12. The Balaban J connectivity index is 2.16. The Morgan fingerprint density at radius 1 is 1.38 bits per heavy atom. The highest BCUT2D eigenvalue weighted by molar-refractivity contribution is 5.45. The molecular formula is C9H12N4.